The zero-order chi connectivity index (χ0) is 13.8. The van der Waals surface area contributed by atoms with E-state index in [0.717, 1.165) is 19.5 Å². The van der Waals surface area contributed by atoms with Gasteiger partial charge in [-0.3, -0.25) is 4.79 Å². The molecule has 0 spiro atoms. The summed E-state index contributed by atoms with van der Waals surface area (Å²) in [5.41, 5.74) is 0. The van der Waals surface area contributed by atoms with E-state index in [1.807, 2.05) is 11.8 Å². The SMILES string of the molecule is CC(CCCC(=O)O)NC(=O)N1CC2CCCC2C1. The first-order valence-electron chi connectivity index (χ1n) is 7.33. The summed E-state index contributed by atoms with van der Waals surface area (Å²) in [5.74, 6) is 0.659. The molecular formula is C14H24N2O3. The Hall–Kier alpha value is -1.26. The van der Waals surface area contributed by atoms with Crippen LogP contribution in [0.25, 0.3) is 0 Å². The van der Waals surface area contributed by atoms with Crippen LogP contribution < -0.4 is 5.32 Å². The Morgan fingerprint density at radius 1 is 1.32 bits per heavy atom. The van der Waals surface area contributed by atoms with Crippen LogP contribution in [0, 0.1) is 11.8 Å². The third-order valence-electron chi connectivity index (χ3n) is 4.41. The second-order valence-corrected chi connectivity index (χ2v) is 5.99. The summed E-state index contributed by atoms with van der Waals surface area (Å²) in [6, 6.07) is 0.0736. The van der Waals surface area contributed by atoms with Crippen molar-refractivity contribution < 1.29 is 14.7 Å². The number of carbonyl (C=O) groups excluding carboxylic acids is 1. The van der Waals surface area contributed by atoms with Gasteiger partial charge in [0, 0.05) is 25.6 Å². The number of carboxylic acid groups (broad SMARTS) is 1. The average molecular weight is 268 g/mol. The summed E-state index contributed by atoms with van der Waals surface area (Å²) < 4.78 is 0. The van der Waals surface area contributed by atoms with E-state index in [1.54, 1.807) is 0 Å². The van der Waals surface area contributed by atoms with Gasteiger partial charge >= 0.3 is 12.0 Å². The molecule has 3 unspecified atom stereocenters. The number of hydrogen-bond donors (Lipinski definition) is 2. The first kappa shape index (κ1) is 14.2. The summed E-state index contributed by atoms with van der Waals surface area (Å²) in [7, 11) is 0. The van der Waals surface area contributed by atoms with Crippen molar-refractivity contribution in [2.24, 2.45) is 11.8 Å². The maximum Gasteiger partial charge on any atom is 0.317 e. The van der Waals surface area contributed by atoms with E-state index >= 15 is 0 Å². The third-order valence-corrected chi connectivity index (χ3v) is 4.41. The van der Waals surface area contributed by atoms with Gasteiger partial charge in [0.25, 0.3) is 0 Å². The van der Waals surface area contributed by atoms with Crippen molar-refractivity contribution in [3.05, 3.63) is 0 Å². The van der Waals surface area contributed by atoms with Crippen LogP contribution in [-0.4, -0.2) is 41.1 Å². The van der Waals surface area contributed by atoms with Crippen LogP contribution in [0.2, 0.25) is 0 Å². The van der Waals surface area contributed by atoms with Crippen LogP contribution in [0.3, 0.4) is 0 Å². The van der Waals surface area contributed by atoms with Crippen LogP contribution in [0.4, 0.5) is 4.79 Å². The molecule has 2 aliphatic rings. The number of urea groups is 1. The van der Waals surface area contributed by atoms with Crippen LogP contribution in [0.1, 0.15) is 45.4 Å². The number of nitrogens with one attached hydrogen (secondary N) is 1. The molecule has 2 fully saturated rings. The molecule has 0 bridgehead atoms. The van der Waals surface area contributed by atoms with E-state index < -0.39 is 5.97 Å². The topological polar surface area (TPSA) is 69.6 Å². The van der Waals surface area contributed by atoms with Gasteiger partial charge in [-0.2, -0.15) is 0 Å². The maximum absolute atomic E-state index is 12.1. The summed E-state index contributed by atoms with van der Waals surface area (Å²) >= 11 is 0. The van der Waals surface area contributed by atoms with Crippen molar-refractivity contribution in [2.75, 3.05) is 13.1 Å². The number of carboxylic acids is 1. The van der Waals surface area contributed by atoms with Gasteiger partial charge in [0.1, 0.15) is 0 Å². The summed E-state index contributed by atoms with van der Waals surface area (Å²) in [6.07, 6.45) is 5.36. The van der Waals surface area contributed by atoms with Gasteiger partial charge in [-0.25, -0.2) is 4.79 Å². The summed E-state index contributed by atoms with van der Waals surface area (Å²) in [6.45, 7) is 3.74. The lowest BCUT2D eigenvalue weighted by Crippen LogP contribution is -2.43. The number of aliphatic carboxylic acids is 1. The van der Waals surface area contributed by atoms with Gasteiger partial charge in [-0.1, -0.05) is 6.42 Å². The van der Waals surface area contributed by atoms with Crippen molar-refractivity contribution in [2.45, 2.75) is 51.5 Å². The van der Waals surface area contributed by atoms with Crippen LogP contribution in [0.15, 0.2) is 0 Å². The summed E-state index contributed by atoms with van der Waals surface area (Å²) in [4.78, 5) is 24.4. The van der Waals surface area contributed by atoms with E-state index in [-0.39, 0.29) is 18.5 Å². The lowest BCUT2D eigenvalue weighted by molar-refractivity contribution is -0.137. The van der Waals surface area contributed by atoms with E-state index in [2.05, 4.69) is 5.32 Å². The average Bonchev–Trinajstić information content (AvgIpc) is 2.87. The molecule has 0 aromatic heterocycles. The molecule has 1 aliphatic heterocycles. The van der Waals surface area contributed by atoms with Crippen molar-refractivity contribution in [1.29, 1.82) is 0 Å². The Morgan fingerprint density at radius 3 is 2.53 bits per heavy atom. The Labute approximate surface area is 114 Å². The van der Waals surface area contributed by atoms with Crippen LogP contribution >= 0.6 is 0 Å². The monoisotopic (exact) mass is 268 g/mol. The fourth-order valence-electron chi connectivity index (χ4n) is 3.33. The van der Waals surface area contributed by atoms with Crippen molar-refractivity contribution >= 4 is 12.0 Å². The fourth-order valence-corrected chi connectivity index (χ4v) is 3.33. The molecule has 1 heterocycles. The van der Waals surface area contributed by atoms with Gasteiger partial charge in [0.15, 0.2) is 0 Å². The highest BCUT2D eigenvalue weighted by atomic mass is 16.4. The minimum atomic E-state index is -0.772. The highest BCUT2D eigenvalue weighted by molar-refractivity contribution is 5.74. The number of rotatable bonds is 5. The van der Waals surface area contributed by atoms with E-state index in [9.17, 15) is 9.59 Å². The van der Waals surface area contributed by atoms with Crippen LogP contribution in [-0.2, 0) is 4.79 Å². The Balaban J connectivity index is 1.68. The molecule has 1 aliphatic carbocycles. The fraction of sp³-hybridized carbons (Fsp3) is 0.857. The lowest BCUT2D eigenvalue weighted by Gasteiger charge is -2.21. The molecule has 1 saturated heterocycles. The number of amides is 2. The predicted molar refractivity (Wildman–Crippen MR) is 71.9 cm³/mol. The molecule has 5 nitrogen and oxygen atoms in total. The number of hydrogen-bond acceptors (Lipinski definition) is 2. The van der Waals surface area contributed by atoms with Crippen molar-refractivity contribution in [1.82, 2.24) is 10.2 Å². The molecule has 5 heteroatoms. The molecule has 108 valence electrons. The highest BCUT2D eigenvalue weighted by Crippen LogP contribution is 2.37. The normalized spacial score (nSPS) is 27.1. The van der Waals surface area contributed by atoms with E-state index in [4.69, 9.17) is 5.11 Å². The lowest BCUT2D eigenvalue weighted by atomic mass is 10.0. The molecule has 1 saturated carbocycles. The van der Waals surface area contributed by atoms with E-state index in [0.29, 0.717) is 18.3 Å². The van der Waals surface area contributed by atoms with Gasteiger partial charge < -0.3 is 15.3 Å². The maximum atomic E-state index is 12.1. The number of fused-ring (bicyclic) bond motifs is 1. The molecule has 0 radical (unpaired) electrons. The highest BCUT2D eigenvalue weighted by Gasteiger charge is 2.38. The number of carbonyl (C=O) groups is 2. The second kappa shape index (κ2) is 6.26. The van der Waals surface area contributed by atoms with Gasteiger partial charge in [-0.05, 0) is 44.4 Å². The standard InChI is InChI=1S/C14H24N2O3/c1-10(4-2-7-13(17)18)15-14(19)16-8-11-5-3-6-12(11)9-16/h10-12H,2-9H2,1H3,(H,15,19)(H,17,18). The van der Waals surface area contributed by atoms with Crippen LogP contribution in [0.5, 0.6) is 0 Å². The number of likely N-dealkylation sites (tertiary alicyclic amines) is 1. The number of nitrogens with zero attached hydrogens (tertiary/aromatic N) is 1. The largest absolute Gasteiger partial charge is 0.481 e. The minimum absolute atomic E-state index is 0.0252. The third kappa shape index (κ3) is 3.85. The van der Waals surface area contributed by atoms with Gasteiger partial charge in [0.2, 0.25) is 0 Å². The molecule has 19 heavy (non-hydrogen) atoms. The zero-order valence-electron chi connectivity index (χ0n) is 11.6. The van der Waals surface area contributed by atoms with Gasteiger partial charge in [-0.15, -0.1) is 0 Å². The zero-order valence-corrected chi connectivity index (χ0v) is 11.6. The Bertz CT molecular complexity index is 334. The van der Waals surface area contributed by atoms with Crippen molar-refractivity contribution in [3.8, 4) is 0 Å². The van der Waals surface area contributed by atoms with Gasteiger partial charge in [0.05, 0.1) is 0 Å². The Kier molecular flexibility index (Phi) is 4.66. The quantitative estimate of drug-likeness (QED) is 0.802. The molecule has 0 aromatic carbocycles. The molecule has 3 atom stereocenters. The first-order valence-corrected chi connectivity index (χ1v) is 7.33. The minimum Gasteiger partial charge on any atom is -0.481 e. The molecule has 2 rings (SSSR count). The Morgan fingerprint density at radius 2 is 1.95 bits per heavy atom. The molecule has 2 N–H and O–H groups in total. The van der Waals surface area contributed by atoms with E-state index in [1.165, 1.54) is 19.3 Å². The summed E-state index contributed by atoms with van der Waals surface area (Å²) in [5, 5.41) is 11.6. The molecule has 0 aromatic rings. The molecular weight excluding hydrogens is 244 g/mol. The van der Waals surface area contributed by atoms with Crippen molar-refractivity contribution in [3.63, 3.8) is 0 Å². The smallest absolute Gasteiger partial charge is 0.317 e. The second-order valence-electron chi connectivity index (χ2n) is 5.99. The predicted octanol–water partition coefficient (Wildman–Crippen LogP) is 2.07. The first-order chi connectivity index (χ1) is 9.06. The molecule has 2 amide bonds.